The monoisotopic (exact) mass is 420 g/mol. The van der Waals surface area contributed by atoms with Crippen molar-refractivity contribution in [2.45, 2.75) is 27.7 Å². The third kappa shape index (κ3) is 5.34. The Bertz CT molecular complexity index is 1010. The van der Waals surface area contributed by atoms with Crippen LogP contribution in [-0.4, -0.2) is 30.7 Å². The quantitative estimate of drug-likeness (QED) is 0.495. The molecule has 1 aromatic heterocycles. The van der Waals surface area contributed by atoms with Crippen molar-refractivity contribution in [3.8, 4) is 28.4 Å². The highest BCUT2D eigenvalue weighted by atomic mass is 16.5. The normalized spacial score (nSPS) is 10.5. The van der Waals surface area contributed by atoms with Gasteiger partial charge in [-0.3, -0.25) is 9.78 Å². The summed E-state index contributed by atoms with van der Waals surface area (Å²) in [7, 11) is 0. The van der Waals surface area contributed by atoms with E-state index in [1.54, 1.807) is 24.5 Å². The molecule has 0 aliphatic carbocycles. The van der Waals surface area contributed by atoms with Crippen LogP contribution in [0.15, 0.2) is 54.9 Å². The lowest BCUT2D eigenvalue weighted by Crippen LogP contribution is -2.14. The lowest BCUT2D eigenvalue weighted by molar-refractivity contribution is 0.102. The third-order valence-electron chi connectivity index (χ3n) is 4.67. The number of ether oxygens (including phenoxy) is 3. The standard InChI is InChI=1S/C25H28N2O4/c1-5-29-22-15-20(16-23(30-6-2)24(22)31-7-3)25(28)27-21-14-19(9-8-17(21)4)18-10-12-26-13-11-18/h8-16H,5-7H2,1-4H3,(H,27,28). The molecule has 0 aliphatic heterocycles. The topological polar surface area (TPSA) is 69.7 Å². The highest BCUT2D eigenvalue weighted by Gasteiger charge is 2.19. The lowest BCUT2D eigenvalue weighted by atomic mass is 10.0. The van der Waals surface area contributed by atoms with Crippen molar-refractivity contribution in [2.75, 3.05) is 25.1 Å². The van der Waals surface area contributed by atoms with E-state index >= 15 is 0 Å². The second-order valence-corrected chi connectivity index (χ2v) is 6.82. The van der Waals surface area contributed by atoms with Gasteiger partial charge in [0.25, 0.3) is 5.91 Å². The summed E-state index contributed by atoms with van der Waals surface area (Å²) < 4.78 is 17.2. The van der Waals surface area contributed by atoms with Gasteiger partial charge in [-0.2, -0.15) is 0 Å². The molecule has 0 aliphatic rings. The summed E-state index contributed by atoms with van der Waals surface area (Å²) in [6, 6.07) is 13.2. The van der Waals surface area contributed by atoms with Gasteiger partial charge in [-0.1, -0.05) is 12.1 Å². The molecule has 6 nitrogen and oxygen atoms in total. The minimum atomic E-state index is -0.250. The van der Waals surface area contributed by atoms with Crippen molar-refractivity contribution < 1.29 is 19.0 Å². The number of aryl methyl sites for hydroxylation is 1. The predicted octanol–water partition coefficient (Wildman–Crippen LogP) is 5.51. The Morgan fingerprint density at radius 1 is 0.839 bits per heavy atom. The number of aromatic nitrogens is 1. The molecular formula is C25H28N2O4. The van der Waals surface area contributed by atoms with Crippen molar-refractivity contribution in [3.05, 3.63) is 66.0 Å². The van der Waals surface area contributed by atoms with E-state index in [9.17, 15) is 4.79 Å². The van der Waals surface area contributed by atoms with Crippen LogP contribution < -0.4 is 19.5 Å². The number of carbonyl (C=O) groups excluding carboxylic acids is 1. The molecule has 31 heavy (non-hydrogen) atoms. The number of nitrogens with one attached hydrogen (secondary N) is 1. The summed E-state index contributed by atoms with van der Waals surface area (Å²) in [4.78, 5) is 17.2. The minimum Gasteiger partial charge on any atom is -0.490 e. The molecule has 162 valence electrons. The summed E-state index contributed by atoms with van der Waals surface area (Å²) in [5.41, 5.74) is 4.17. The van der Waals surface area contributed by atoms with E-state index in [-0.39, 0.29) is 5.91 Å². The maximum Gasteiger partial charge on any atom is 0.255 e. The molecule has 2 aromatic carbocycles. The molecule has 0 atom stereocenters. The molecule has 0 spiro atoms. The smallest absolute Gasteiger partial charge is 0.255 e. The maximum absolute atomic E-state index is 13.1. The number of pyridine rings is 1. The number of benzene rings is 2. The molecule has 3 rings (SSSR count). The maximum atomic E-state index is 13.1. The van der Waals surface area contributed by atoms with Gasteiger partial charge in [0.15, 0.2) is 11.5 Å². The third-order valence-corrected chi connectivity index (χ3v) is 4.67. The van der Waals surface area contributed by atoms with Gasteiger partial charge in [0.1, 0.15) is 0 Å². The molecule has 0 bridgehead atoms. The largest absolute Gasteiger partial charge is 0.490 e. The second-order valence-electron chi connectivity index (χ2n) is 6.82. The van der Waals surface area contributed by atoms with Crippen LogP contribution in [0.3, 0.4) is 0 Å². The van der Waals surface area contributed by atoms with Gasteiger partial charge in [-0.05, 0) is 74.7 Å². The summed E-state index contributed by atoms with van der Waals surface area (Å²) in [6.45, 7) is 8.99. The zero-order valence-electron chi connectivity index (χ0n) is 18.4. The Hall–Kier alpha value is -3.54. The fourth-order valence-corrected chi connectivity index (χ4v) is 3.19. The van der Waals surface area contributed by atoms with Gasteiger partial charge < -0.3 is 19.5 Å². The van der Waals surface area contributed by atoms with Crippen molar-refractivity contribution in [3.63, 3.8) is 0 Å². The molecule has 3 aromatic rings. The van der Waals surface area contributed by atoms with E-state index in [0.717, 1.165) is 22.4 Å². The fraction of sp³-hybridized carbons (Fsp3) is 0.280. The Balaban J connectivity index is 1.94. The number of rotatable bonds is 9. The first-order valence-electron chi connectivity index (χ1n) is 10.5. The Labute approximate surface area is 183 Å². The number of nitrogens with zero attached hydrogens (tertiary/aromatic N) is 1. The van der Waals surface area contributed by atoms with E-state index in [4.69, 9.17) is 14.2 Å². The van der Waals surface area contributed by atoms with E-state index in [0.29, 0.717) is 42.6 Å². The average molecular weight is 421 g/mol. The summed E-state index contributed by atoms with van der Waals surface area (Å²) >= 11 is 0. The molecule has 0 saturated carbocycles. The van der Waals surface area contributed by atoms with Crippen LogP contribution in [0.2, 0.25) is 0 Å². The highest BCUT2D eigenvalue weighted by Crippen LogP contribution is 2.39. The van der Waals surface area contributed by atoms with E-state index in [2.05, 4.69) is 10.3 Å². The molecule has 1 heterocycles. The van der Waals surface area contributed by atoms with Crippen LogP contribution in [0.4, 0.5) is 5.69 Å². The highest BCUT2D eigenvalue weighted by molar-refractivity contribution is 6.05. The molecule has 1 amide bonds. The molecule has 0 fully saturated rings. The minimum absolute atomic E-state index is 0.250. The van der Waals surface area contributed by atoms with Gasteiger partial charge in [0.05, 0.1) is 19.8 Å². The molecule has 1 N–H and O–H groups in total. The zero-order chi connectivity index (χ0) is 22.2. The summed E-state index contributed by atoms with van der Waals surface area (Å²) in [5.74, 6) is 1.24. The van der Waals surface area contributed by atoms with Crippen LogP contribution in [0, 0.1) is 6.92 Å². The van der Waals surface area contributed by atoms with Crippen molar-refractivity contribution in [1.29, 1.82) is 0 Å². The van der Waals surface area contributed by atoms with Crippen molar-refractivity contribution >= 4 is 11.6 Å². The first-order chi connectivity index (χ1) is 15.1. The van der Waals surface area contributed by atoms with Gasteiger partial charge in [-0.15, -0.1) is 0 Å². The number of hydrogen-bond acceptors (Lipinski definition) is 5. The average Bonchev–Trinajstić information content (AvgIpc) is 2.78. The van der Waals surface area contributed by atoms with Crippen LogP contribution in [0.25, 0.3) is 11.1 Å². The van der Waals surface area contributed by atoms with Gasteiger partial charge in [-0.25, -0.2) is 0 Å². The first-order valence-corrected chi connectivity index (χ1v) is 10.5. The van der Waals surface area contributed by atoms with E-state index in [1.807, 2.05) is 58.0 Å². The van der Waals surface area contributed by atoms with Crippen LogP contribution >= 0.6 is 0 Å². The van der Waals surface area contributed by atoms with Crippen LogP contribution in [-0.2, 0) is 0 Å². The van der Waals surface area contributed by atoms with Gasteiger partial charge in [0, 0.05) is 23.6 Å². The second kappa shape index (κ2) is 10.5. The number of hydrogen-bond donors (Lipinski definition) is 1. The van der Waals surface area contributed by atoms with Crippen LogP contribution in [0.5, 0.6) is 17.2 Å². The van der Waals surface area contributed by atoms with E-state index < -0.39 is 0 Å². The molecule has 0 unspecified atom stereocenters. The van der Waals surface area contributed by atoms with Crippen LogP contribution in [0.1, 0.15) is 36.7 Å². The van der Waals surface area contributed by atoms with Crippen molar-refractivity contribution in [1.82, 2.24) is 4.98 Å². The predicted molar refractivity (Wildman–Crippen MR) is 122 cm³/mol. The molecule has 0 saturated heterocycles. The van der Waals surface area contributed by atoms with Gasteiger partial charge >= 0.3 is 0 Å². The molecular weight excluding hydrogens is 392 g/mol. The number of amides is 1. The molecule has 0 radical (unpaired) electrons. The number of carbonyl (C=O) groups is 1. The SMILES string of the molecule is CCOc1cc(C(=O)Nc2cc(-c3ccncc3)ccc2C)cc(OCC)c1OCC. The Morgan fingerprint density at radius 3 is 2.03 bits per heavy atom. The lowest BCUT2D eigenvalue weighted by Gasteiger charge is -2.17. The molecule has 6 heteroatoms. The Kier molecular flexibility index (Phi) is 7.49. The summed E-state index contributed by atoms with van der Waals surface area (Å²) in [5, 5.41) is 3.02. The van der Waals surface area contributed by atoms with Crippen molar-refractivity contribution in [2.24, 2.45) is 0 Å². The fourth-order valence-electron chi connectivity index (χ4n) is 3.19. The van der Waals surface area contributed by atoms with Gasteiger partial charge in [0.2, 0.25) is 5.75 Å². The summed E-state index contributed by atoms with van der Waals surface area (Å²) in [6.07, 6.45) is 3.50. The Morgan fingerprint density at radius 2 is 1.45 bits per heavy atom. The number of anilines is 1. The zero-order valence-corrected chi connectivity index (χ0v) is 18.4. The van der Waals surface area contributed by atoms with E-state index in [1.165, 1.54) is 0 Å². The first kappa shape index (κ1) is 22.2.